The summed E-state index contributed by atoms with van der Waals surface area (Å²) in [5.41, 5.74) is 2.02. The first-order chi connectivity index (χ1) is 29.7. The standard InChI is InChI=1S/2C26H42NO.2ClH.2Pd/c2*1-3-5-6-7-8-9-10-11-12-13-14-15-16-17-22-27-24-25-18-20-26(21-19-25)28-23-4-2;;;;/h2*4,18,20-21,24H,2-3,5-17,22-23H2,1H3;2*1H;;/q2*-1;;;2*+2/p-2. The molecule has 0 saturated heterocycles. The van der Waals surface area contributed by atoms with Gasteiger partial charge >= 0.3 is 55.4 Å². The average molecular weight is 1050 g/mol. The van der Waals surface area contributed by atoms with Crippen LogP contribution in [-0.4, -0.2) is 38.7 Å². The number of ether oxygens (including phenoxy) is 2. The fourth-order valence-corrected chi connectivity index (χ4v) is 6.62. The molecule has 0 heterocycles. The number of nitrogens with zero attached hydrogens (tertiary/aromatic N) is 2. The molecule has 0 aliphatic heterocycles. The molecule has 0 bridgehead atoms. The van der Waals surface area contributed by atoms with Crippen LogP contribution in [0.2, 0.25) is 0 Å². The van der Waals surface area contributed by atoms with Crippen molar-refractivity contribution in [3.8, 4) is 11.5 Å². The summed E-state index contributed by atoms with van der Waals surface area (Å²) in [6.07, 6.45) is 46.3. The number of rotatable bonds is 38. The molecule has 0 radical (unpaired) electrons. The van der Waals surface area contributed by atoms with E-state index in [0.717, 1.165) is 35.7 Å². The van der Waals surface area contributed by atoms with Gasteiger partial charge in [0.2, 0.25) is 0 Å². The molecule has 8 heteroatoms. The van der Waals surface area contributed by atoms with Crippen molar-refractivity contribution in [3.05, 3.63) is 85.0 Å². The van der Waals surface area contributed by atoms with Gasteiger partial charge in [-0.1, -0.05) is 219 Å². The molecule has 2 aromatic rings. The normalized spacial score (nSPS) is 10.7. The summed E-state index contributed by atoms with van der Waals surface area (Å²) < 4.78 is 10.9. The van der Waals surface area contributed by atoms with E-state index in [-0.39, 0.29) is 0 Å². The number of hydrogen-bond donors (Lipinski definition) is 0. The van der Waals surface area contributed by atoms with E-state index in [1.807, 2.05) is 48.8 Å². The molecule has 60 heavy (non-hydrogen) atoms. The van der Waals surface area contributed by atoms with Crippen LogP contribution in [0, 0.1) is 12.1 Å². The second-order valence-corrected chi connectivity index (χ2v) is 15.4. The van der Waals surface area contributed by atoms with Crippen molar-refractivity contribution in [2.24, 2.45) is 9.98 Å². The van der Waals surface area contributed by atoms with E-state index in [0.29, 0.717) is 13.2 Å². The Labute approximate surface area is 400 Å². The maximum atomic E-state index is 5.45. The zero-order valence-corrected chi connectivity index (χ0v) is 42.5. The summed E-state index contributed by atoms with van der Waals surface area (Å²) in [6, 6.07) is 18.0. The molecule has 0 N–H and O–H groups in total. The molecule has 0 spiro atoms. The van der Waals surface area contributed by atoms with Crippen molar-refractivity contribution in [3.63, 3.8) is 0 Å². The molecule has 0 amide bonds. The Kier molecular flexibility index (Phi) is 54.7. The first kappa shape index (κ1) is 60.9. The maximum absolute atomic E-state index is 5.45. The molecule has 0 atom stereocenters. The van der Waals surface area contributed by atoms with Crippen molar-refractivity contribution in [1.29, 1.82) is 0 Å². The topological polar surface area (TPSA) is 43.2 Å². The molecule has 0 saturated carbocycles. The van der Waals surface area contributed by atoms with Crippen LogP contribution in [0.15, 0.2) is 71.7 Å². The molecular weight excluding hydrogens is 968 g/mol. The number of benzene rings is 2. The minimum atomic E-state index is 0.528. The Hall–Kier alpha value is -1.24. The van der Waals surface area contributed by atoms with E-state index >= 15 is 0 Å². The van der Waals surface area contributed by atoms with E-state index in [1.165, 1.54) is 180 Å². The van der Waals surface area contributed by atoms with Gasteiger partial charge in [0.25, 0.3) is 0 Å². The SMILES string of the molecule is C=CCOc1c[c-]c(C=NCCCCCCCCCCCCCCCC)cc1.C=CCOc1c[c-]c(C=NCCCCCCCCCCCCCCCC)cc1.[Cl][Pd+].[Cl][Pd+]. The first-order valence-electron chi connectivity index (χ1n) is 23.5. The molecule has 348 valence electrons. The molecule has 2 rings (SSSR count). The molecule has 2 aromatic carbocycles. The van der Waals surface area contributed by atoms with Crippen LogP contribution >= 0.6 is 19.1 Å². The zero-order valence-electron chi connectivity index (χ0n) is 37.9. The Morgan fingerprint density at radius 2 is 0.717 bits per heavy atom. The second kappa shape index (κ2) is 53.9. The van der Waals surface area contributed by atoms with Crippen LogP contribution in [0.4, 0.5) is 0 Å². The van der Waals surface area contributed by atoms with Gasteiger partial charge in [-0.3, -0.25) is 0 Å². The van der Waals surface area contributed by atoms with Gasteiger partial charge in [0, 0.05) is 24.6 Å². The van der Waals surface area contributed by atoms with Gasteiger partial charge in [-0.2, -0.15) is 0 Å². The summed E-state index contributed by atoms with van der Waals surface area (Å²) >= 11 is 4.44. The van der Waals surface area contributed by atoms with Crippen LogP contribution in [0.1, 0.15) is 205 Å². The number of halogens is 2. The van der Waals surface area contributed by atoms with Gasteiger partial charge in [-0.25, -0.2) is 0 Å². The number of unbranched alkanes of at least 4 members (excludes halogenated alkanes) is 26. The first-order valence-corrected chi connectivity index (χ1v) is 27.5. The van der Waals surface area contributed by atoms with E-state index in [1.54, 1.807) is 12.2 Å². The molecular formula is C52H84Cl2N2O2Pd2. The molecule has 0 fully saturated rings. The fourth-order valence-electron chi connectivity index (χ4n) is 6.62. The minimum absolute atomic E-state index is 0.528. The van der Waals surface area contributed by atoms with Crippen molar-refractivity contribution in [2.45, 2.75) is 194 Å². The summed E-state index contributed by atoms with van der Waals surface area (Å²) in [5.74, 6) is 1.65. The van der Waals surface area contributed by atoms with Crippen LogP contribution in [0.25, 0.3) is 0 Å². The van der Waals surface area contributed by atoms with E-state index in [4.69, 9.17) is 9.47 Å². The third kappa shape index (κ3) is 44.8. The van der Waals surface area contributed by atoms with Crippen LogP contribution in [0.5, 0.6) is 11.5 Å². The van der Waals surface area contributed by atoms with Crippen LogP contribution in [0.3, 0.4) is 0 Å². The molecule has 0 unspecified atom stereocenters. The van der Waals surface area contributed by atoms with Gasteiger partial charge in [0.15, 0.2) is 0 Å². The quantitative estimate of drug-likeness (QED) is 0.0221. The van der Waals surface area contributed by atoms with Crippen molar-refractivity contribution >= 4 is 31.5 Å². The summed E-state index contributed by atoms with van der Waals surface area (Å²) in [4.78, 5) is 9.03. The molecule has 0 aliphatic carbocycles. The summed E-state index contributed by atoms with van der Waals surface area (Å²) in [7, 11) is 8.98. The molecule has 0 aliphatic rings. The summed E-state index contributed by atoms with van der Waals surface area (Å²) in [6.45, 7) is 14.7. The van der Waals surface area contributed by atoms with Crippen molar-refractivity contribution < 1.29 is 45.8 Å². The Morgan fingerprint density at radius 1 is 0.450 bits per heavy atom. The third-order valence-corrected chi connectivity index (χ3v) is 10.1. The predicted molar refractivity (Wildman–Crippen MR) is 259 cm³/mol. The molecule has 4 nitrogen and oxygen atoms in total. The third-order valence-electron chi connectivity index (χ3n) is 10.1. The monoisotopic (exact) mass is 1050 g/mol. The Balaban J connectivity index is 0. The van der Waals surface area contributed by atoms with Crippen molar-refractivity contribution in [1.82, 2.24) is 0 Å². The van der Waals surface area contributed by atoms with Crippen LogP contribution in [-0.2, 0) is 36.4 Å². The predicted octanol–water partition coefficient (Wildman–Crippen LogP) is 17.3. The van der Waals surface area contributed by atoms with E-state index in [9.17, 15) is 0 Å². The summed E-state index contributed by atoms with van der Waals surface area (Å²) in [5, 5.41) is 0. The number of hydrogen-bond acceptors (Lipinski definition) is 4. The van der Waals surface area contributed by atoms with Crippen LogP contribution < -0.4 is 9.47 Å². The fraction of sp³-hybridized carbons (Fsp3) is 0.654. The number of aliphatic imine (C=N–C) groups is 2. The van der Waals surface area contributed by atoms with E-state index < -0.39 is 0 Å². The van der Waals surface area contributed by atoms with Gasteiger partial charge in [-0.15, -0.1) is 59.7 Å². The Bertz CT molecular complexity index is 1100. The van der Waals surface area contributed by atoms with Gasteiger partial charge in [0.1, 0.15) is 0 Å². The Morgan fingerprint density at radius 3 is 0.950 bits per heavy atom. The van der Waals surface area contributed by atoms with Gasteiger partial charge in [-0.05, 0) is 12.8 Å². The van der Waals surface area contributed by atoms with Crippen molar-refractivity contribution in [2.75, 3.05) is 26.3 Å². The zero-order chi connectivity index (χ0) is 44.3. The second-order valence-electron chi connectivity index (χ2n) is 15.4. The average Bonchev–Trinajstić information content (AvgIpc) is 3.29. The molecule has 0 aromatic heterocycles. The van der Waals surface area contributed by atoms with E-state index in [2.05, 4.69) is 105 Å². The van der Waals surface area contributed by atoms with Gasteiger partial charge in [0.05, 0.1) is 13.2 Å². The van der Waals surface area contributed by atoms with Gasteiger partial charge < -0.3 is 19.5 Å².